The van der Waals surface area contributed by atoms with E-state index in [1.54, 1.807) is 13.0 Å². The molecule has 1 aromatic carbocycles. The molecule has 0 spiro atoms. The summed E-state index contributed by atoms with van der Waals surface area (Å²) in [6.45, 7) is 1.66. The zero-order chi connectivity index (χ0) is 15.8. The minimum Gasteiger partial charge on any atom is -0.504 e. The number of phenolic OH excluding ortho intramolecular Hbond substituents is 1. The third-order valence-electron chi connectivity index (χ3n) is 2.50. The lowest BCUT2D eigenvalue weighted by molar-refractivity contribution is -0.154. The molecule has 1 aromatic rings. The molecule has 21 heavy (non-hydrogen) atoms. The minimum atomic E-state index is -1.01. The molecule has 0 aliphatic heterocycles. The number of carbonyl (C=O) groups is 3. The molecule has 0 heterocycles. The quantitative estimate of drug-likeness (QED) is 0.354. The van der Waals surface area contributed by atoms with Crippen LogP contribution in [0.4, 0.5) is 0 Å². The summed E-state index contributed by atoms with van der Waals surface area (Å²) < 4.78 is 9.43. The summed E-state index contributed by atoms with van der Waals surface area (Å²) in [6.07, 6.45) is 2.11. The van der Waals surface area contributed by atoms with Crippen molar-refractivity contribution in [3.63, 3.8) is 0 Å². The van der Waals surface area contributed by atoms with Crippen LogP contribution in [-0.4, -0.2) is 36.4 Å². The summed E-state index contributed by atoms with van der Waals surface area (Å²) in [5.41, 5.74) is 0.613. The number of rotatable bonds is 7. The Morgan fingerprint density at radius 3 is 2.62 bits per heavy atom. The summed E-state index contributed by atoms with van der Waals surface area (Å²) in [4.78, 5) is 34.0. The molecule has 1 N–H and O–H groups in total. The van der Waals surface area contributed by atoms with Gasteiger partial charge >= 0.3 is 5.97 Å². The van der Waals surface area contributed by atoms with Crippen LogP contribution in [0.2, 0.25) is 0 Å². The highest BCUT2D eigenvalue weighted by Gasteiger charge is 2.17. The van der Waals surface area contributed by atoms with Gasteiger partial charge in [0.15, 0.2) is 17.3 Å². The van der Waals surface area contributed by atoms with E-state index in [2.05, 4.69) is 4.74 Å². The average molecular weight is 292 g/mol. The summed E-state index contributed by atoms with van der Waals surface area (Å²) in [5, 5.41) is 9.43. The lowest BCUT2D eigenvalue weighted by atomic mass is 10.1. The van der Waals surface area contributed by atoms with Gasteiger partial charge in [-0.05, 0) is 30.7 Å². The number of hydrogen-bond donors (Lipinski definition) is 1. The van der Waals surface area contributed by atoms with Gasteiger partial charge in [0.05, 0.1) is 20.1 Å². The molecule has 0 radical (unpaired) electrons. The van der Waals surface area contributed by atoms with Crippen LogP contribution in [0.1, 0.15) is 18.9 Å². The fraction of sp³-hybridized carbons (Fsp3) is 0.267. The van der Waals surface area contributed by atoms with Crippen molar-refractivity contribution in [1.29, 1.82) is 0 Å². The number of phenols is 1. The molecule has 0 amide bonds. The largest absolute Gasteiger partial charge is 0.504 e. The molecule has 1 rings (SSSR count). The first kappa shape index (κ1) is 16.4. The molecular formula is C15H16O6. The highest BCUT2D eigenvalue weighted by Crippen LogP contribution is 2.26. The number of Topliss-reactive ketones (excluding diaryl/α,β-unsaturated/α-hetero) is 1. The average Bonchev–Trinajstić information content (AvgIpc) is 2.46. The van der Waals surface area contributed by atoms with E-state index in [9.17, 15) is 19.5 Å². The van der Waals surface area contributed by atoms with Gasteiger partial charge in [-0.2, -0.15) is 0 Å². The van der Waals surface area contributed by atoms with Crippen molar-refractivity contribution < 1.29 is 29.0 Å². The Morgan fingerprint density at radius 1 is 1.29 bits per heavy atom. The van der Waals surface area contributed by atoms with Gasteiger partial charge < -0.3 is 14.6 Å². The topological polar surface area (TPSA) is 89.9 Å². The van der Waals surface area contributed by atoms with Gasteiger partial charge in [-0.3, -0.25) is 9.59 Å². The van der Waals surface area contributed by atoms with Gasteiger partial charge in [-0.15, -0.1) is 0 Å². The second-order valence-electron chi connectivity index (χ2n) is 4.05. The molecule has 0 unspecified atom stereocenters. The van der Waals surface area contributed by atoms with E-state index in [-0.39, 0.29) is 18.1 Å². The van der Waals surface area contributed by atoms with Gasteiger partial charge in [-0.1, -0.05) is 12.1 Å². The molecule has 0 bridgehead atoms. The van der Waals surface area contributed by atoms with Crippen molar-refractivity contribution in [3.8, 4) is 11.5 Å². The number of ketones is 2. The zero-order valence-electron chi connectivity index (χ0n) is 11.8. The molecule has 0 saturated heterocycles. The Bertz CT molecular complexity index is 574. The number of hydrogen-bond acceptors (Lipinski definition) is 6. The number of esters is 1. The van der Waals surface area contributed by atoms with Gasteiger partial charge in [-0.25, -0.2) is 4.79 Å². The Hall–Kier alpha value is -2.63. The smallest absolute Gasteiger partial charge is 0.375 e. The maximum absolute atomic E-state index is 11.6. The number of aromatic hydroxyl groups is 1. The standard InChI is InChI=1S/C15H16O6/c1-3-21-15(19)13(18)9-11(16)6-4-10-5-7-12(17)14(8-10)20-2/h4-8,17H,3,9H2,1-2H3. The molecule has 0 aliphatic carbocycles. The molecule has 0 aromatic heterocycles. The monoisotopic (exact) mass is 292 g/mol. The molecule has 0 saturated carbocycles. The van der Waals surface area contributed by atoms with Crippen molar-refractivity contribution in [2.75, 3.05) is 13.7 Å². The Labute approximate surface area is 122 Å². The maximum atomic E-state index is 11.6. The second-order valence-corrected chi connectivity index (χ2v) is 4.05. The predicted octanol–water partition coefficient (Wildman–Crippen LogP) is 1.51. The molecule has 0 aliphatic rings. The Morgan fingerprint density at radius 2 is 2.00 bits per heavy atom. The Balaban J connectivity index is 2.66. The minimum absolute atomic E-state index is 0.0153. The lowest BCUT2D eigenvalue weighted by Crippen LogP contribution is -2.19. The van der Waals surface area contributed by atoms with Crippen LogP contribution in [0.25, 0.3) is 6.08 Å². The fourth-order valence-electron chi connectivity index (χ4n) is 1.49. The molecule has 6 nitrogen and oxygen atoms in total. The second kappa shape index (κ2) is 7.84. The number of carbonyl (C=O) groups excluding carboxylic acids is 3. The number of benzene rings is 1. The van der Waals surface area contributed by atoms with Crippen LogP contribution >= 0.6 is 0 Å². The van der Waals surface area contributed by atoms with E-state index < -0.39 is 24.0 Å². The van der Waals surface area contributed by atoms with Crippen molar-refractivity contribution in [2.24, 2.45) is 0 Å². The highest BCUT2D eigenvalue weighted by atomic mass is 16.5. The van der Waals surface area contributed by atoms with E-state index in [1.165, 1.54) is 31.4 Å². The van der Waals surface area contributed by atoms with Crippen LogP contribution in [0.3, 0.4) is 0 Å². The number of ether oxygens (including phenoxy) is 2. The van der Waals surface area contributed by atoms with Crippen LogP contribution in [0, 0.1) is 0 Å². The Kier molecular flexibility index (Phi) is 6.13. The molecule has 0 fully saturated rings. The lowest BCUT2D eigenvalue weighted by Gasteiger charge is -2.03. The number of methoxy groups -OCH3 is 1. The van der Waals surface area contributed by atoms with Crippen molar-refractivity contribution in [1.82, 2.24) is 0 Å². The van der Waals surface area contributed by atoms with E-state index in [0.29, 0.717) is 5.56 Å². The third-order valence-corrected chi connectivity index (χ3v) is 2.50. The first-order valence-electron chi connectivity index (χ1n) is 6.25. The fourth-order valence-corrected chi connectivity index (χ4v) is 1.49. The number of allylic oxidation sites excluding steroid dienone is 1. The first-order chi connectivity index (χ1) is 9.97. The van der Waals surface area contributed by atoms with E-state index in [1.807, 2.05) is 0 Å². The first-order valence-corrected chi connectivity index (χ1v) is 6.25. The van der Waals surface area contributed by atoms with Gasteiger partial charge in [0.1, 0.15) is 0 Å². The third kappa shape index (κ3) is 5.10. The normalized spacial score (nSPS) is 10.4. The summed E-state index contributed by atoms with van der Waals surface area (Å²) in [5.74, 6) is -2.15. The van der Waals surface area contributed by atoms with Crippen LogP contribution in [-0.2, 0) is 19.1 Å². The van der Waals surface area contributed by atoms with E-state index in [4.69, 9.17) is 4.74 Å². The van der Waals surface area contributed by atoms with Crippen molar-refractivity contribution in [3.05, 3.63) is 29.8 Å². The maximum Gasteiger partial charge on any atom is 0.375 e. The molecule has 6 heteroatoms. The van der Waals surface area contributed by atoms with Gasteiger partial charge in [0, 0.05) is 0 Å². The SMILES string of the molecule is CCOC(=O)C(=O)CC(=O)C=Cc1ccc(O)c(OC)c1. The van der Waals surface area contributed by atoms with Gasteiger partial charge in [0.25, 0.3) is 0 Å². The van der Waals surface area contributed by atoms with Crippen LogP contribution in [0.5, 0.6) is 11.5 Å². The molecular weight excluding hydrogens is 276 g/mol. The van der Waals surface area contributed by atoms with E-state index >= 15 is 0 Å². The summed E-state index contributed by atoms with van der Waals surface area (Å²) in [7, 11) is 1.41. The van der Waals surface area contributed by atoms with Crippen molar-refractivity contribution >= 4 is 23.6 Å². The van der Waals surface area contributed by atoms with Crippen LogP contribution in [0.15, 0.2) is 24.3 Å². The summed E-state index contributed by atoms with van der Waals surface area (Å²) in [6, 6.07) is 4.54. The highest BCUT2D eigenvalue weighted by molar-refractivity contribution is 6.37. The predicted molar refractivity (Wildman–Crippen MR) is 75.0 cm³/mol. The zero-order valence-corrected chi connectivity index (χ0v) is 11.8. The van der Waals surface area contributed by atoms with Crippen LogP contribution < -0.4 is 4.74 Å². The molecule has 0 atom stereocenters. The van der Waals surface area contributed by atoms with E-state index in [0.717, 1.165) is 0 Å². The summed E-state index contributed by atoms with van der Waals surface area (Å²) >= 11 is 0. The van der Waals surface area contributed by atoms with Gasteiger partial charge in [0.2, 0.25) is 5.78 Å². The van der Waals surface area contributed by atoms with Crippen molar-refractivity contribution in [2.45, 2.75) is 13.3 Å². The molecule has 112 valence electrons.